The molecular weight excluding hydrogens is 320 g/mol. The van der Waals surface area contributed by atoms with Crippen molar-refractivity contribution in [3.8, 4) is 0 Å². The molecule has 0 spiro atoms. The Kier molecular flexibility index (Phi) is 4.92. The molecule has 7 nitrogen and oxygen atoms in total. The van der Waals surface area contributed by atoms with Gasteiger partial charge in [0.05, 0.1) is 0 Å². The van der Waals surface area contributed by atoms with Crippen LogP contribution in [0.3, 0.4) is 0 Å². The number of nitrogens with zero attached hydrogens (tertiary/aromatic N) is 2. The van der Waals surface area contributed by atoms with Crippen molar-refractivity contribution < 1.29 is 14.4 Å². The molecule has 0 radical (unpaired) electrons. The number of carbonyl (C=O) groups excluding carboxylic acids is 3. The number of rotatable bonds is 4. The summed E-state index contributed by atoms with van der Waals surface area (Å²) in [4.78, 5) is 39.1. The second kappa shape index (κ2) is 7.13. The number of hydrogen-bond donors (Lipinski definition) is 2. The van der Waals surface area contributed by atoms with Gasteiger partial charge in [0.1, 0.15) is 6.04 Å². The quantitative estimate of drug-likeness (QED) is 0.797. The Morgan fingerprint density at radius 3 is 2.52 bits per heavy atom. The van der Waals surface area contributed by atoms with E-state index in [0.717, 1.165) is 13.1 Å². The first-order valence-corrected chi connectivity index (χ1v) is 8.66. The lowest BCUT2D eigenvalue weighted by molar-refractivity contribution is -0.131. The van der Waals surface area contributed by atoms with Crippen molar-refractivity contribution >= 4 is 23.5 Å². The summed E-state index contributed by atoms with van der Waals surface area (Å²) >= 11 is 0. The van der Waals surface area contributed by atoms with Crippen LogP contribution in [0.4, 0.5) is 10.5 Å². The van der Waals surface area contributed by atoms with Crippen molar-refractivity contribution in [3.63, 3.8) is 0 Å². The number of aryl methyl sites for hydroxylation is 1. The average molecular weight is 344 g/mol. The predicted molar refractivity (Wildman–Crippen MR) is 94.4 cm³/mol. The predicted octanol–water partition coefficient (Wildman–Crippen LogP) is 0.940. The molecule has 2 fully saturated rings. The van der Waals surface area contributed by atoms with Gasteiger partial charge in [-0.2, -0.15) is 0 Å². The molecule has 1 aromatic carbocycles. The van der Waals surface area contributed by atoms with Crippen molar-refractivity contribution in [2.75, 3.05) is 31.1 Å². The first-order chi connectivity index (χ1) is 12.0. The molecule has 134 valence electrons. The summed E-state index contributed by atoms with van der Waals surface area (Å²) in [6, 6.07) is 5.23. The van der Waals surface area contributed by atoms with Crippen LogP contribution in [-0.4, -0.2) is 55.0 Å². The highest BCUT2D eigenvalue weighted by atomic mass is 16.2. The molecule has 1 aromatic rings. The van der Waals surface area contributed by atoms with E-state index < -0.39 is 12.1 Å². The minimum Gasteiger partial charge on any atom is -0.368 e. The fourth-order valence-electron chi connectivity index (χ4n) is 3.36. The summed E-state index contributed by atoms with van der Waals surface area (Å²) in [5, 5.41) is 4.71. The maximum Gasteiger partial charge on any atom is 0.322 e. The second-order valence-corrected chi connectivity index (χ2v) is 6.64. The van der Waals surface area contributed by atoms with Crippen molar-refractivity contribution in [2.45, 2.75) is 32.7 Å². The van der Waals surface area contributed by atoms with Gasteiger partial charge in [0, 0.05) is 38.3 Å². The summed E-state index contributed by atoms with van der Waals surface area (Å²) in [6.45, 7) is 7.19. The highest BCUT2D eigenvalue weighted by Gasteiger charge is 2.30. The van der Waals surface area contributed by atoms with E-state index in [2.05, 4.69) is 47.6 Å². The van der Waals surface area contributed by atoms with Gasteiger partial charge >= 0.3 is 6.03 Å². The molecule has 2 aliphatic rings. The molecule has 0 unspecified atom stereocenters. The van der Waals surface area contributed by atoms with Crippen LogP contribution >= 0.6 is 0 Å². The third-order valence-electron chi connectivity index (χ3n) is 5.05. The third kappa shape index (κ3) is 3.75. The number of anilines is 1. The number of imide groups is 1. The largest absolute Gasteiger partial charge is 0.368 e. The van der Waals surface area contributed by atoms with E-state index in [1.807, 2.05) is 4.90 Å². The molecule has 0 aliphatic carbocycles. The third-order valence-corrected chi connectivity index (χ3v) is 5.05. The zero-order chi connectivity index (χ0) is 18.0. The average Bonchev–Trinajstić information content (AvgIpc) is 2.93. The van der Waals surface area contributed by atoms with Crippen LogP contribution < -0.4 is 15.5 Å². The van der Waals surface area contributed by atoms with Crippen LogP contribution in [0, 0.1) is 13.8 Å². The fraction of sp³-hybridized carbons (Fsp3) is 0.500. The molecule has 1 atom stereocenters. The minimum absolute atomic E-state index is 0.0366. The number of benzene rings is 1. The van der Waals surface area contributed by atoms with Gasteiger partial charge < -0.3 is 15.1 Å². The highest BCUT2D eigenvalue weighted by molar-refractivity contribution is 6.04. The van der Waals surface area contributed by atoms with Gasteiger partial charge in [0.15, 0.2) is 0 Å². The van der Waals surface area contributed by atoms with Crippen LogP contribution in [0.5, 0.6) is 0 Å². The van der Waals surface area contributed by atoms with Crippen molar-refractivity contribution in [2.24, 2.45) is 0 Å². The molecule has 25 heavy (non-hydrogen) atoms. The van der Waals surface area contributed by atoms with E-state index in [-0.39, 0.29) is 18.2 Å². The van der Waals surface area contributed by atoms with Gasteiger partial charge in [-0.05, 0) is 37.5 Å². The van der Waals surface area contributed by atoms with Gasteiger partial charge in [-0.15, -0.1) is 0 Å². The van der Waals surface area contributed by atoms with Gasteiger partial charge in [0.25, 0.3) is 5.91 Å². The zero-order valence-electron chi connectivity index (χ0n) is 14.7. The van der Waals surface area contributed by atoms with Crippen LogP contribution in [-0.2, 0) is 9.59 Å². The zero-order valence-corrected chi connectivity index (χ0v) is 14.7. The van der Waals surface area contributed by atoms with E-state index >= 15 is 0 Å². The van der Waals surface area contributed by atoms with E-state index in [9.17, 15) is 14.4 Å². The molecule has 3 rings (SSSR count). The number of carbonyl (C=O) groups is 3. The first-order valence-electron chi connectivity index (χ1n) is 8.66. The van der Waals surface area contributed by atoms with E-state index in [1.54, 1.807) is 0 Å². The number of nitrogens with one attached hydrogen (secondary N) is 2. The van der Waals surface area contributed by atoms with E-state index in [0.29, 0.717) is 19.5 Å². The summed E-state index contributed by atoms with van der Waals surface area (Å²) < 4.78 is 0. The molecule has 0 saturated carbocycles. The van der Waals surface area contributed by atoms with Gasteiger partial charge in [-0.3, -0.25) is 14.9 Å². The Balaban J connectivity index is 1.50. The fourth-order valence-corrected chi connectivity index (χ4v) is 3.36. The van der Waals surface area contributed by atoms with Gasteiger partial charge in [0.2, 0.25) is 5.91 Å². The van der Waals surface area contributed by atoms with E-state index in [4.69, 9.17) is 0 Å². The first kappa shape index (κ1) is 17.3. The Labute approximate surface area is 147 Å². The normalized spacial score (nSPS) is 20.5. The highest BCUT2D eigenvalue weighted by Crippen LogP contribution is 2.24. The number of urea groups is 1. The van der Waals surface area contributed by atoms with Crippen LogP contribution in [0.15, 0.2) is 18.2 Å². The number of piperazine rings is 1. The van der Waals surface area contributed by atoms with E-state index in [1.165, 1.54) is 16.8 Å². The van der Waals surface area contributed by atoms with Crippen molar-refractivity contribution in [3.05, 3.63) is 29.3 Å². The molecule has 0 bridgehead atoms. The van der Waals surface area contributed by atoms with Crippen molar-refractivity contribution in [1.29, 1.82) is 0 Å². The monoisotopic (exact) mass is 344 g/mol. The van der Waals surface area contributed by atoms with Gasteiger partial charge in [-0.1, -0.05) is 12.1 Å². The lowest BCUT2D eigenvalue weighted by Crippen LogP contribution is -2.49. The minimum atomic E-state index is -0.590. The van der Waals surface area contributed by atoms with Crippen LogP contribution in [0.1, 0.15) is 24.0 Å². The molecule has 2 saturated heterocycles. The Bertz CT molecular complexity index is 696. The molecule has 0 aromatic heterocycles. The smallest absolute Gasteiger partial charge is 0.322 e. The lowest BCUT2D eigenvalue weighted by Gasteiger charge is -2.37. The summed E-state index contributed by atoms with van der Waals surface area (Å²) in [5.41, 5.74) is 3.79. The standard InChI is InChI=1S/C18H24N4O3/c1-12-4-3-5-15(13(12)2)21-8-10-22(11-9-21)16(23)7-6-14-17(24)20-18(25)19-14/h3-5,14H,6-11H2,1-2H3,(H2,19,20,24,25)/t14-/m1/s1. The summed E-state index contributed by atoms with van der Waals surface area (Å²) in [7, 11) is 0. The van der Waals surface area contributed by atoms with Gasteiger partial charge in [-0.25, -0.2) is 4.79 Å². The Morgan fingerprint density at radius 1 is 1.16 bits per heavy atom. The Hall–Kier alpha value is -2.57. The Morgan fingerprint density at radius 2 is 1.88 bits per heavy atom. The second-order valence-electron chi connectivity index (χ2n) is 6.64. The molecular formula is C18H24N4O3. The summed E-state index contributed by atoms with van der Waals surface area (Å²) in [6.07, 6.45) is 0.607. The molecule has 2 heterocycles. The topological polar surface area (TPSA) is 81.8 Å². The number of amides is 4. The molecule has 2 N–H and O–H groups in total. The molecule has 4 amide bonds. The van der Waals surface area contributed by atoms with Crippen molar-refractivity contribution in [1.82, 2.24) is 15.5 Å². The lowest BCUT2D eigenvalue weighted by atomic mass is 10.1. The number of hydrogen-bond acceptors (Lipinski definition) is 4. The SMILES string of the molecule is Cc1cccc(N2CCN(C(=O)CC[C@H]3NC(=O)NC3=O)CC2)c1C. The summed E-state index contributed by atoms with van der Waals surface area (Å²) in [5.74, 6) is -0.313. The molecule has 7 heteroatoms. The maximum absolute atomic E-state index is 12.4. The molecule has 2 aliphatic heterocycles. The van der Waals surface area contributed by atoms with Crippen LogP contribution in [0.2, 0.25) is 0 Å². The maximum atomic E-state index is 12.4. The van der Waals surface area contributed by atoms with Crippen LogP contribution in [0.25, 0.3) is 0 Å².